The zero-order valence-corrected chi connectivity index (χ0v) is 15.3. The fourth-order valence-electron chi connectivity index (χ4n) is 2.39. The average Bonchev–Trinajstić information content (AvgIpc) is 3.12. The molecule has 2 aromatic rings. The second-order valence-electron chi connectivity index (χ2n) is 5.75. The molecule has 0 amide bonds. The molecule has 1 unspecified atom stereocenters. The van der Waals surface area contributed by atoms with E-state index in [9.17, 15) is 0 Å². The van der Waals surface area contributed by atoms with Gasteiger partial charge >= 0.3 is 0 Å². The highest BCUT2D eigenvalue weighted by Gasteiger charge is 2.07. The lowest BCUT2D eigenvalue weighted by atomic mass is 10.2. The molecule has 0 aliphatic rings. The van der Waals surface area contributed by atoms with Crippen molar-refractivity contribution in [1.29, 1.82) is 0 Å². The highest BCUT2D eigenvalue weighted by Crippen LogP contribution is 2.29. The highest BCUT2D eigenvalue weighted by molar-refractivity contribution is 5.93. The van der Waals surface area contributed by atoms with Gasteiger partial charge in [-0.1, -0.05) is 6.92 Å². The van der Waals surface area contributed by atoms with Crippen molar-refractivity contribution in [2.24, 2.45) is 10.9 Å². The number of anilines is 1. The summed E-state index contributed by atoms with van der Waals surface area (Å²) in [6, 6.07) is 7.62. The molecule has 25 heavy (non-hydrogen) atoms. The van der Waals surface area contributed by atoms with E-state index in [0.29, 0.717) is 24.0 Å². The molecule has 1 aromatic carbocycles. The Labute approximate surface area is 149 Å². The summed E-state index contributed by atoms with van der Waals surface area (Å²) < 4.78 is 12.5. The number of rotatable bonds is 8. The summed E-state index contributed by atoms with van der Waals surface area (Å²) in [4.78, 5) is 4.67. The van der Waals surface area contributed by atoms with E-state index in [0.717, 1.165) is 24.7 Å². The molecule has 0 saturated carbocycles. The number of aromatic nitrogens is 2. The van der Waals surface area contributed by atoms with Crippen molar-refractivity contribution in [3.63, 3.8) is 0 Å². The SMILES string of the molecule is CCNC(=NCC(C)Cn1cccn1)Nc1ccc(OC)c(OC)c1. The van der Waals surface area contributed by atoms with Gasteiger partial charge in [0.15, 0.2) is 17.5 Å². The number of benzene rings is 1. The third-order valence-electron chi connectivity index (χ3n) is 3.61. The van der Waals surface area contributed by atoms with Gasteiger partial charge in [-0.15, -0.1) is 0 Å². The molecular formula is C18H27N5O2. The first kappa shape index (κ1) is 18.6. The number of methoxy groups -OCH3 is 2. The zero-order valence-electron chi connectivity index (χ0n) is 15.3. The molecular weight excluding hydrogens is 318 g/mol. The Morgan fingerprint density at radius 2 is 2.08 bits per heavy atom. The van der Waals surface area contributed by atoms with Crippen LogP contribution in [0.4, 0.5) is 5.69 Å². The molecule has 7 nitrogen and oxygen atoms in total. The van der Waals surface area contributed by atoms with Crippen LogP contribution in [0.2, 0.25) is 0 Å². The second kappa shape index (κ2) is 9.56. The number of hydrogen-bond acceptors (Lipinski definition) is 4. The zero-order chi connectivity index (χ0) is 18.1. The number of guanidine groups is 1. The minimum atomic E-state index is 0.376. The molecule has 1 atom stereocenters. The number of hydrogen-bond donors (Lipinski definition) is 2. The van der Waals surface area contributed by atoms with Crippen LogP contribution in [0.3, 0.4) is 0 Å². The van der Waals surface area contributed by atoms with Crippen LogP contribution in [0.25, 0.3) is 0 Å². The van der Waals surface area contributed by atoms with Crippen LogP contribution >= 0.6 is 0 Å². The van der Waals surface area contributed by atoms with Crippen LogP contribution < -0.4 is 20.1 Å². The van der Waals surface area contributed by atoms with E-state index < -0.39 is 0 Å². The van der Waals surface area contributed by atoms with Gasteiger partial charge in [0.2, 0.25) is 0 Å². The van der Waals surface area contributed by atoms with Crippen LogP contribution in [0.1, 0.15) is 13.8 Å². The quantitative estimate of drug-likeness (QED) is 0.568. The Hall–Kier alpha value is -2.70. The molecule has 0 aliphatic heterocycles. The lowest BCUT2D eigenvalue weighted by Gasteiger charge is -2.15. The van der Waals surface area contributed by atoms with Crippen LogP contribution in [0, 0.1) is 5.92 Å². The van der Waals surface area contributed by atoms with Gasteiger partial charge in [0.25, 0.3) is 0 Å². The molecule has 136 valence electrons. The standard InChI is InChI=1S/C18H27N5O2/c1-5-19-18(20-12-14(2)13-23-10-6-9-21-23)22-15-7-8-16(24-3)17(11-15)25-4/h6-11,14H,5,12-13H2,1-4H3,(H2,19,20,22). The van der Waals surface area contributed by atoms with E-state index in [1.54, 1.807) is 20.4 Å². The molecule has 2 rings (SSSR count). The summed E-state index contributed by atoms with van der Waals surface area (Å²) in [5.74, 6) is 2.49. The monoisotopic (exact) mass is 345 g/mol. The third-order valence-corrected chi connectivity index (χ3v) is 3.61. The van der Waals surface area contributed by atoms with Crippen molar-refractivity contribution in [2.45, 2.75) is 20.4 Å². The molecule has 7 heteroatoms. The van der Waals surface area contributed by atoms with E-state index in [2.05, 4.69) is 27.6 Å². The molecule has 0 aliphatic carbocycles. The molecule has 1 heterocycles. The lowest BCUT2D eigenvalue weighted by Crippen LogP contribution is -2.31. The second-order valence-corrected chi connectivity index (χ2v) is 5.75. The number of nitrogens with zero attached hydrogens (tertiary/aromatic N) is 3. The summed E-state index contributed by atoms with van der Waals surface area (Å²) >= 11 is 0. The van der Waals surface area contributed by atoms with Crippen LogP contribution in [0.5, 0.6) is 11.5 Å². The van der Waals surface area contributed by atoms with Crippen molar-refractivity contribution in [3.05, 3.63) is 36.7 Å². The number of ether oxygens (including phenoxy) is 2. The van der Waals surface area contributed by atoms with Gasteiger partial charge < -0.3 is 20.1 Å². The van der Waals surface area contributed by atoms with Crippen LogP contribution in [0.15, 0.2) is 41.7 Å². The summed E-state index contributed by atoms with van der Waals surface area (Å²) in [7, 11) is 3.25. The average molecular weight is 345 g/mol. The number of aliphatic imine (C=N–C) groups is 1. The molecule has 0 bridgehead atoms. The van der Waals surface area contributed by atoms with Crippen LogP contribution in [-0.4, -0.2) is 43.0 Å². The van der Waals surface area contributed by atoms with Crippen molar-refractivity contribution >= 4 is 11.6 Å². The van der Waals surface area contributed by atoms with E-state index in [4.69, 9.17) is 9.47 Å². The maximum absolute atomic E-state index is 5.34. The van der Waals surface area contributed by atoms with Crippen LogP contribution in [-0.2, 0) is 6.54 Å². The smallest absolute Gasteiger partial charge is 0.195 e. The normalized spacial score (nSPS) is 12.6. The van der Waals surface area contributed by atoms with Crippen molar-refractivity contribution in [2.75, 3.05) is 32.6 Å². The summed E-state index contributed by atoms with van der Waals surface area (Å²) in [6.07, 6.45) is 3.76. The predicted molar refractivity (Wildman–Crippen MR) is 101 cm³/mol. The first-order valence-electron chi connectivity index (χ1n) is 8.41. The molecule has 1 aromatic heterocycles. The Bertz CT molecular complexity index is 670. The van der Waals surface area contributed by atoms with E-state index in [1.807, 2.05) is 42.1 Å². The summed E-state index contributed by atoms with van der Waals surface area (Å²) in [5, 5.41) is 10.8. The largest absolute Gasteiger partial charge is 0.493 e. The fraction of sp³-hybridized carbons (Fsp3) is 0.444. The van der Waals surface area contributed by atoms with Gasteiger partial charge in [0.05, 0.1) is 14.2 Å². The summed E-state index contributed by atoms with van der Waals surface area (Å²) in [6.45, 7) is 6.52. The van der Waals surface area contributed by atoms with E-state index in [-0.39, 0.29) is 0 Å². The topological polar surface area (TPSA) is 72.7 Å². The Morgan fingerprint density at radius 1 is 1.28 bits per heavy atom. The molecule has 0 radical (unpaired) electrons. The molecule has 2 N–H and O–H groups in total. The minimum Gasteiger partial charge on any atom is -0.493 e. The van der Waals surface area contributed by atoms with Crippen molar-refractivity contribution in [1.82, 2.24) is 15.1 Å². The van der Waals surface area contributed by atoms with Crippen molar-refractivity contribution < 1.29 is 9.47 Å². The van der Waals surface area contributed by atoms with Gasteiger partial charge in [0.1, 0.15) is 0 Å². The summed E-state index contributed by atoms with van der Waals surface area (Å²) in [5.41, 5.74) is 0.886. The predicted octanol–water partition coefficient (Wildman–Crippen LogP) is 2.61. The van der Waals surface area contributed by atoms with Gasteiger partial charge in [-0.3, -0.25) is 9.67 Å². The van der Waals surface area contributed by atoms with Gasteiger partial charge in [-0.05, 0) is 31.0 Å². The van der Waals surface area contributed by atoms with Gasteiger partial charge in [-0.25, -0.2) is 0 Å². The van der Waals surface area contributed by atoms with Crippen molar-refractivity contribution in [3.8, 4) is 11.5 Å². The van der Waals surface area contributed by atoms with Gasteiger partial charge in [0, 0.05) is 43.8 Å². The molecule has 0 saturated heterocycles. The van der Waals surface area contributed by atoms with E-state index in [1.165, 1.54) is 0 Å². The Kier molecular flexibility index (Phi) is 7.13. The maximum atomic E-state index is 5.34. The highest BCUT2D eigenvalue weighted by atomic mass is 16.5. The minimum absolute atomic E-state index is 0.376. The lowest BCUT2D eigenvalue weighted by molar-refractivity contribution is 0.355. The maximum Gasteiger partial charge on any atom is 0.195 e. The first-order chi connectivity index (χ1) is 12.2. The Balaban J connectivity index is 2.01. The number of nitrogens with one attached hydrogen (secondary N) is 2. The van der Waals surface area contributed by atoms with Gasteiger partial charge in [-0.2, -0.15) is 5.10 Å². The van der Waals surface area contributed by atoms with E-state index >= 15 is 0 Å². The fourth-order valence-corrected chi connectivity index (χ4v) is 2.39. The third kappa shape index (κ3) is 5.70. The first-order valence-corrected chi connectivity index (χ1v) is 8.41. The molecule has 0 fully saturated rings. The molecule has 0 spiro atoms. The Morgan fingerprint density at radius 3 is 2.72 bits per heavy atom.